The van der Waals surface area contributed by atoms with E-state index in [9.17, 15) is 18.0 Å². The Hall–Kier alpha value is -3.97. The highest BCUT2D eigenvalue weighted by molar-refractivity contribution is 6.30. The number of aryl methyl sites for hydroxylation is 1. The van der Waals surface area contributed by atoms with Crippen molar-refractivity contribution in [3.63, 3.8) is 0 Å². The number of unbranched alkanes of at least 4 members (excludes halogenated alkanes) is 2. The van der Waals surface area contributed by atoms with Gasteiger partial charge >= 0.3 is 12.1 Å². The zero-order valence-electron chi connectivity index (χ0n) is 22.4. The van der Waals surface area contributed by atoms with Crippen LogP contribution in [0.1, 0.15) is 54.5 Å². The van der Waals surface area contributed by atoms with Gasteiger partial charge in [0.05, 0.1) is 24.9 Å². The van der Waals surface area contributed by atoms with E-state index in [-0.39, 0.29) is 12.3 Å². The van der Waals surface area contributed by atoms with E-state index in [0.29, 0.717) is 29.7 Å². The molecule has 0 aliphatic carbocycles. The summed E-state index contributed by atoms with van der Waals surface area (Å²) in [5.41, 5.74) is 8.94. The molecule has 4 rings (SSSR count). The molecule has 0 spiro atoms. The summed E-state index contributed by atoms with van der Waals surface area (Å²) in [7, 11) is 1.63. The number of fused-ring (bicyclic) bond motifs is 3. The highest BCUT2D eigenvalue weighted by Crippen LogP contribution is 2.34. The number of nitrogens with zero attached hydrogens (tertiary/aromatic N) is 4. The highest BCUT2D eigenvalue weighted by atomic mass is 35.5. The smallest absolute Gasteiger partial charge is 0.490 e. The molecule has 41 heavy (non-hydrogen) atoms. The number of methoxy groups -OCH3 is 1. The van der Waals surface area contributed by atoms with Crippen molar-refractivity contribution in [3.8, 4) is 11.4 Å². The summed E-state index contributed by atoms with van der Waals surface area (Å²) >= 11 is 6.14. The Morgan fingerprint density at radius 3 is 2.41 bits per heavy atom. The topological polar surface area (TPSA) is 145 Å². The van der Waals surface area contributed by atoms with E-state index in [2.05, 4.69) is 15.5 Å². The van der Waals surface area contributed by atoms with E-state index >= 15 is 0 Å². The summed E-state index contributed by atoms with van der Waals surface area (Å²) in [6.07, 6.45) is -2.08. The molecular formula is C27H30ClF3N6O4. The van der Waals surface area contributed by atoms with Crippen LogP contribution in [0.4, 0.5) is 13.2 Å². The summed E-state index contributed by atoms with van der Waals surface area (Å²) in [5, 5.41) is 19.5. The van der Waals surface area contributed by atoms with Crippen molar-refractivity contribution in [1.82, 2.24) is 20.1 Å². The Morgan fingerprint density at radius 2 is 1.80 bits per heavy atom. The predicted molar refractivity (Wildman–Crippen MR) is 147 cm³/mol. The van der Waals surface area contributed by atoms with Crippen molar-refractivity contribution >= 4 is 29.2 Å². The van der Waals surface area contributed by atoms with Crippen molar-refractivity contribution in [2.75, 3.05) is 20.2 Å². The monoisotopic (exact) mass is 594 g/mol. The van der Waals surface area contributed by atoms with Crippen molar-refractivity contribution in [2.24, 2.45) is 10.7 Å². The number of carboxylic acid groups (broad SMARTS) is 1. The third-order valence-corrected chi connectivity index (χ3v) is 6.33. The number of nitrogens with two attached hydrogens (primary N) is 1. The lowest BCUT2D eigenvalue weighted by Gasteiger charge is -2.14. The van der Waals surface area contributed by atoms with Crippen LogP contribution in [0.2, 0.25) is 5.02 Å². The number of halogens is 4. The van der Waals surface area contributed by atoms with Crippen molar-refractivity contribution in [2.45, 2.75) is 44.8 Å². The Morgan fingerprint density at radius 1 is 1.12 bits per heavy atom. The normalized spacial score (nSPS) is 14.0. The second-order valence-electron chi connectivity index (χ2n) is 9.03. The van der Waals surface area contributed by atoms with Gasteiger partial charge in [0, 0.05) is 22.7 Å². The zero-order valence-corrected chi connectivity index (χ0v) is 23.2. The lowest BCUT2D eigenvalue weighted by atomic mass is 10.00. The molecule has 1 atom stereocenters. The molecule has 0 radical (unpaired) electrons. The number of benzene rings is 2. The first-order valence-electron chi connectivity index (χ1n) is 12.7. The summed E-state index contributed by atoms with van der Waals surface area (Å²) in [4.78, 5) is 26.8. The fourth-order valence-electron chi connectivity index (χ4n) is 4.10. The summed E-state index contributed by atoms with van der Waals surface area (Å²) in [6.45, 7) is 3.17. The molecule has 0 fully saturated rings. The number of carboxylic acids is 1. The molecule has 0 saturated carbocycles. The van der Waals surface area contributed by atoms with E-state index in [1.807, 2.05) is 54.0 Å². The van der Waals surface area contributed by atoms with Crippen LogP contribution in [0.5, 0.6) is 5.75 Å². The Balaban J connectivity index is 0.000000587. The number of carbonyl (C=O) groups is 2. The molecule has 2 heterocycles. The minimum atomic E-state index is -5.08. The number of hydrogen-bond acceptors (Lipinski definition) is 7. The first-order valence-corrected chi connectivity index (χ1v) is 13.0. The number of carbonyl (C=O) groups excluding carboxylic acids is 1. The lowest BCUT2D eigenvalue weighted by molar-refractivity contribution is -0.192. The maximum atomic E-state index is 12.8. The van der Waals surface area contributed by atoms with Gasteiger partial charge in [0.25, 0.3) is 0 Å². The van der Waals surface area contributed by atoms with Crippen LogP contribution in [-0.2, 0) is 9.59 Å². The van der Waals surface area contributed by atoms with Crippen LogP contribution in [-0.4, -0.2) is 63.8 Å². The van der Waals surface area contributed by atoms with Crippen LogP contribution in [0, 0.1) is 6.92 Å². The fraction of sp³-hybridized carbons (Fsp3) is 0.370. The van der Waals surface area contributed by atoms with Crippen molar-refractivity contribution in [1.29, 1.82) is 0 Å². The third-order valence-electron chi connectivity index (χ3n) is 6.07. The minimum Gasteiger partial charge on any atom is -0.497 e. The number of aromatic nitrogens is 3. The molecule has 0 saturated heterocycles. The molecule has 1 amide bonds. The first-order chi connectivity index (χ1) is 19.5. The van der Waals surface area contributed by atoms with E-state index < -0.39 is 18.2 Å². The SMILES string of the molecule is COc1ccc2c(c1)C(c1ccc(Cl)cc1)=N[C@@H](CC(=O)NCCCCCN)c1nnc(C)n1-2.O=C(O)C(F)(F)F. The molecule has 1 aromatic heterocycles. The first kappa shape index (κ1) is 31.6. The second kappa shape index (κ2) is 14.1. The third kappa shape index (κ3) is 8.27. The molecule has 1 aliphatic heterocycles. The Labute approximate surface area is 239 Å². The number of nitrogens with one attached hydrogen (secondary N) is 1. The largest absolute Gasteiger partial charge is 0.497 e. The van der Waals surface area contributed by atoms with E-state index in [1.165, 1.54) is 0 Å². The Kier molecular flexibility index (Phi) is 10.8. The van der Waals surface area contributed by atoms with Crippen molar-refractivity contribution < 1.29 is 32.6 Å². The highest BCUT2D eigenvalue weighted by Gasteiger charge is 2.38. The molecule has 1 aliphatic rings. The van der Waals surface area contributed by atoms with Gasteiger partial charge in [0.1, 0.15) is 17.6 Å². The molecule has 2 aromatic carbocycles. The molecule has 14 heteroatoms. The number of aliphatic carboxylic acids is 1. The zero-order chi connectivity index (χ0) is 30.2. The van der Waals surface area contributed by atoms with E-state index in [0.717, 1.165) is 47.6 Å². The number of aliphatic imine (C=N–C) groups is 1. The minimum absolute atomic E-state index is 0.0762. The summed E-state index contributed by atoms with van der Waals surface area (Å²) < 4.78 is 39.2. The van der Waals surface area contributed by atoms with Gasteiger partial charge in [-0.25, -0.2) is 4.79 Å². The number of ether oxygens (including phenoxy) is 1. The van der Waals surface area contributed by atoms with Crippen LogP contribution in [0.3, 0.4) is 0 Å². The van der Waals surface area contributed by atoms with Crippen LogP contribution in [0.15, 0.2) is 47.5 Å². The van der Waals surface area contributed by atoms with E-state index in [1.54, 1.807) is 7.11 Å². The van der Waals surface area contributed by atoms with Gasteiger partial charge in [-0.2, -0.15) is 13.2 Å². The van der Waals surface area contributed by atoms with Gasteiger partial charge in [-0.15, -0.1) is 10.2 Å². The van der Waals surface area contributed by atoms with Gasteiger partial charge in [-0.1, -0.05) is 30.2 Å². The van der Waals surface area contributed by atoms with Crippen LogP contribution in [0.25, 0.3) is 5.69 Å². The number of alkyl halides is 3. The summed E-state index contributed by atoms with van der Waals surface area (Å²) in [5.74, 6) is -0.770. The molecule has 220 valence electrons. The molecule has 3 aromatic rings. The quantitative estimate of drug-likeness (QED) is 0.311. The van der Waals surface area contributed by atoms with Gasteiger partial charge < -0.3 is 20.9 Å². The summed E-state index contributed by atoms with van der Waals surface area (Å²) in [6, 6.07) is 12.8. The van der Waals surface area contributed by atoms with Gasteiger partial charge in [0.2, 0.25) is 5.91 Å². The van der Waals surface area contributed by atoms with Gasteiger partial charge in [0.15, 0.2) is 5.82 Å². The number of rotatable bonds is 9. The molecule has 0 bridgehead atoms. The fourth-order valence-corrected chi connectivity index (χ4v) is 4.22. The molecule has 10 nitrogen and oxygen atoms in total. The average Bonchev–Trinajstić information content (AvgIpc) is 3.25. The van der Waals surface area contributed by atoms with Crippen LogP contribution >= 0.6 is 11.6 Å². The number of amides is 1. The number of hydrogen-bond donors (Lipinski definition) is 3. The average molecular weight is 595 g/mol. The Bertz CT molecular complexity index is 1390. The standard InChI is InChI=1S/C25H29ClN6O2.C2HF3O2/c1-16-30-31-25-21(15-23(33)28-13-5-3-4-12-27)29-24(17-6-8-18(26)9-7-17)20-14-19(34-2)10-11-22(20)32(16)25;3-2(4,5)1(6)7/h6-11,14,21H,3-5,12-13,15,27H2,1-2H3,(H,28,33);(H,6,7)/t21-;/m0./s1. The molecular weight excluding hydrogens is 565 g/mol. The molecule has 4 N–H and O–H groups in total. The second-order valence-corrected chi connectivity index (χ2v) is 9.47. The van der Waals surface area contributed by atoms with Crippen molar-refractivity contribution in [3.05, 3.63) is 70.3 Å². The molecule has 0 unspecified atom stereocenters. The van der Waals surface area contributed by atoms with Crippen LogP contribution < -0.4 is 15.8 Å². The van der Waals surface area contributed by atoms with E-state index in [4.69, 9.17) is 37.0 Å². The maximum Gasteiger partial charge on any atom is 0.490 e. The van der Waals surface area contributed by atoms with Gasteiger partial charge in [-0.3, -0.25) is 14.4 Å². The van der Waals surface area contributed by atoms with Gasteiger partial charge in [-0.05, 0) is 56.6 Å². The lowest BCUT2D eigenvalue weighted by Crippen LogP contribution is -2.26. The maximum absolute atomic E-state index is 12.8. The predicted octanol–water partition coefficient (Wildman–Crippen LogP) is 4.40.